The van der Waals surface area contributed by atoms with Crippen LogP contribution in [0.15, 0.2) is 78.9 Å². The molecule has 1 aliphatic rings. The SMILES string of the molecule is Cc1ccc(/C=C/C(=O)C(=O)N(c2ccc(Cl)cc2)C(C(=O)NC2CCCCC2)c2ccc(Cl)cc2)cc1. The molecule has 2 amide bonds. The van der Waals surface area contributed by atoms with Crippen molar-refractivity contribution in [2.24, 2.45) is 0 Å². The number of ketones is 1. The Labute approximate surface area is 233 Å². The number of anilines is 1. The topological polar surface area (TPSA) is 66.5 Å². The number of hydrogen-bond acceptors (Lipinski definition) is 3. The molecule has 196 valence electrons. The fraction of sp³-hybridized carbons (Fsp3) is 0.258. The maximum absolute atomic E-state index is 13.8. The number of amides is 2. The first kappa shape index (κ1) is 27.6. The number of hydrogen-bond donors (Lipinski definition) is 1. The highest BCUT2D eigenvalue weighted by Crippen LogP contribution is 2.31. The van der Waals surface area contributed by atoms with Crippen molar-refractivity contribution >= 4 is 52.6 Å². The second-order valence-electron chi connectivity index (χ2n) is 9.56. The van der Waals surface area contributed by atoms with Gasteiger partial charge in [0.25, 0.3) is 5.91 Å². The van der Waals surface area contributed by atoms with Crippen LogP contribution in [0.4, 0.5) is 5.69 Å². The van der Waals surface area contributed by atoms with Gasteiger partial charge in [0, 0.05) is 21.8 Å². The van der Waals surface area contributed by atoms with E-state index < -0.39 is 17.7 Å². The molecule has 3 aromatic carbocycles. The molecule has 1 saturated carbocycles. The zero-order valence-corrected chi connectivity index (χ0v) is 22.7. The number of nitrogens with one attached hydrogen (secondary N) is 1. The Hall–Kier alpha value is -3.41. The lowest BCUT2D eigenvalue weighted by Gasteiger charge is -2.33. The molecule has 0 bridgehead atoms. The Morgan fingerprint density at radius 2 is 1.42 bits per heavy atom. The predicted octanol–water partition coefficient (Wildman–Crippen LogP) is 7.11. The van der Waals surface area contributed by atoms with E-state index in [2.05, 4.69) is 5.32 Å². The lowest BCUT2D eigenvalue weighted by atomic mass is 9.94. The Morgan fingerprint density at radius 3 is 2.03 bits per heavy atom. The highest BCUT2D eigenvalue weighted by Gasteiger charge is 2.36. The molecule has 0 aromatic heterocycles. The predicted molar refractivity (Wildman–Crippen MR) is 153 cm³/mol. The first-order chi connectivity index (χ1) is 18.3. The maximum atomic E-state index is 13.8. The standard InChI is InChI=1S/C31H30Cl2N2O3/c1-21-7-9-22(10-8-21)11-20-28(36)31(38)35(27-18-16-25(33)17-19-27)29(23-12-14-24(32)15-13-23)30(37)34-26-5-3-2-4-6-26/h7-20,26,29H,2-6H2,1H3,(H,34,37)/b20-11+. The van der Waals surface area contributed by atoms with E-state index in [-0.39, 0.29) is 11.9 Å². The van der Waals surface area contributed by atoms with Gasteiger partial charge in [-0.2, -0.15) is 0 Å². The van der Waals surface area contributed by atoms with E-state index in [0.717, 1.165) is 43.2 Å². The van der Waals surface area contributed by atoms with Gasteiger partial charge in [0.05, 0.1) is 0 Å². The fourth-order valence-corrected chi connectivity index (χ4v) is 4.87. The van der Waals surface area contributed by atoms with Gasteiger partial charge in [-0.15, -0.1) is 0 Å². The van der Waals surface area contributed by atoms with Crippen LogP contribution in [0.3, 0.4) is 0 Å². The van der Waals surface area contributed by atoms with E-state index in [1.165, 1.54) is 11.0 Å². The van der Waals surface area contributed by atoms with Gasteiger partial charge in [0.1, 0.15) is 6.04 Å². The molecule has 7 heteroatoms. The third-order valence-corrected chi connectivity index (χ3v) is 7.19. The van der Waals surface area contributed by atoms with Gasteiger partial charge in [-0.25, -0.2) is 0 Å². The monoisotopic (exact) mass is 548 g/mol. The molecule has 3 aromatic rings. The summed E-state index contributed by atoms with van der Waals surface area (Å²) in [6.07, 6.45) is 7.83. The average molecular weight is 549 g/mol. The van der Waals surface area contributed by atoms with Crippen LogP contribution >= 0.6 is 23.2 Å². The van der Waals surface area contributed by atoms with Crippen LogP contribution in [-0.2, 0) is 14.4 Å². The smallest absolute Gasteiger partial charge is 0.299 e. The summed E-state index contributed by atoms with van der Waals surface area (Å²) in [5, 5.41) is 4.10. The van der Waals surface area contributed by atoms with Gasteiger partial charge in [0.2, 0.25) is 11.7 Å². The number of halogens is 2. The van der Waals surface area contributed by atoms with E-state index in [1.807, 2.05) is 31.2 Å². The average Bonchev–Trinajstić information content (AvgIpc) is 2.92. The summed E-state index contributed by atoms with van der Waals surface area (Å²) in [5.41, 5.74) is 2.81. The summed E-state index contributed by atoms with van der Waals surface area (Å²) in [6.45, 7) is 1.97. The van der Waals surface area contributed by atoms with E-state index in [0.29, 0.717) is 21.3 Å². The first-order valence-corrected chi connectivity index (χ1v) is 13.5. The molecule has 0 radical (unpaired) electrons. The fourth-order valence-electron chi connectivity index (χ4n) is 4.61. The molecule has 0 spiro atoms. The van der Waals surface area contributed by atoms with Crippen molar-refractivity contribution in [2.45, 2.75) is 51.1 Å². The third kappa shape index (κ3) is 7.12. The van der Waals surface area contributed by atoms with Crippen LogP contribution in [0, 0.1) is 6.92 Å². The van der Waals surface area contributed by atoms with Crippen molar-refractivity contribution in [3.8, 4) is 0 Å². The number of nitrogens with zero attached hydrogens (tertiary/aromatic N) is 1. The number of rotatable bonds is 8. The van der Waals surface area contributed by atoms with Gasteiger partial charge in [0.15, 0.2) is 0 Å². The van der Waals surface area contributed by atoms with Crippen LogP contribution in [0.1, 0.15) is 54.8 Å². The number of aryl methyl sites for hydroxylation is 1. The van der Waals surface area contributed by atoms with Crippen molar-refractivity contribution in [1.29, 1.82) is 0 Å². The molecule has 38 heavy (non-hydrogen) atoms. The summed E-state index contributed by atoms with van der Waals surface area (Å²) in [7, 11) is 0. The molecule has 1 atom stereocenters. The largest absolute Gasteiger partial charge is 0.351 e. The summed E-state index contributed by atoms with van der Waals surface area (Å²) in [6, 6.07) is 19.8. The van der Waals surface area contributed by atoms with Gasteiger partial charge >= 0.3 is 0 Å². The van der Waals surface area contributed by atoms with E-state index in [4.69, 9.17) is 23.2 Å². The summed E-state index contributed by atoms with van der Waals surface area (Å²) in [5.74, 6) is -1.92. The molecule has 0 aliphatic heterocycles. The molecule has 1 fully saturated rings. The molecular weight excluding hydrogens is 519 g/mol. The molecule has 1 unspecified atom stereocenters. The summed E-state index contributed by atoms with van der Waals surface area (Å²) < 4.78 is 0. The van der Waals surface area contributed by atoms with Crippen LogP contribution in [-0.4, -0.2) is 23.6 Å². The number of carbonyl (C=O) groups is 3. The van der Waals surface area contributed by atoms with E-state index >= 15 is 0 Å². The molecule has 0 heterocycles. The van der Waals surface area contributed by atoms with Crippen molar-refractivity contribution < 1.29 is 14.4 Å². The zero-order chi connectivity index (χ0) is 27.1. The van der Waals surface area contributed by atoms with Crippen molar-refractivity contribution in [2.75, 3.05) is 4.90 Å². The minimum atomic E-state index is -1.08. The quantitative estimate of drug-likeness (QED) is 0.241. The normalized spacial score (nSPS) is 14.7. The van der Waals surface area contributed by atoms with Gasteiger partial charge < -0.3 is 5.32 Å². The van der Waals surface area contributed by atoms with Gasteiger partial charge in [-0.1, -0.05) is 90.5 Å². The third-order valence-electron chi connectivity index (χ3n) is 6.68. The van der Waals surface area contributed by atoms with Crippen LogP contribution in [0.2, 0.25) is 10.0 Å². The van der Waals surface area contributed by atoms with Crippen molar-refractivity contribution in [3.63, 3.8) is 0 Å². The highest BCUT2D eigenvalue weighted by molar-refractivity contribution is 6.46. The minimum absolute atomic E-state index is 0.0188. The van der Waals surface area contributed by atoms with Crippen LogP contribution < -0.4 is 10.2 Å². The van der Waals surface area contributed by atoms with Gasteiger partial charge in [-0.05, 0) is 73.4 Å². The number of benzene rings is 3. The number of carbonyl (C=O) groups excluding carboxylic acids is 3. The Balaban J connectivity index is 1.72. The lowest BCUT2D eigenvalue weighted by Crippen LogP contribution is -2.48. The Bertz CT molecular complexity index is 1300. The molecule has 1 N–H and O–H groups in total. The Morgan fingerprint density at radius 1 is 0.842 bits per heavy atom. The highest BCUT2D eigenvalue weighted by atomic mass is 35.5. The maximum Gasteiger partial charge on any atom is 0.299 e. The second-order valence-corrected chi connectivity index (χ2v) is 10.4. The second kappa shape index (κ2) is 12.9. The van der Waals surface area contributed by atoms with Crippen molar-refractivity contribution in [3.05, 3.63) is 106 Å². The van der Waals surface area contributed by atoms with Gasteiger partial charge in [-0.3, -0.25) is 19.3 Å². The lowest BCUT2D eigenvalue weighted by molar-refractivity contribution is -0.135. The first-order valence-electron chi connectivity index (χ1n) is 12.8. The van der Waals surface area contributed by atoms with Crippen molar-refractivity contribution in [1.82, 2.24) is 5.32 Å². The minimum Gasteiger partial charge on any atom is -0.351 e. The zero-order valence-electron chi connectivity index (χ0n) is 21.2. The molecule has 4 rings (SSSR count). The molecule has 1 aliphatic carbocycles. The van der Waals surface area contributed by atoms with E-state index in [9.17, 15) is 14.4 Å². The van der Waals surface area contributed by atoms with Crippen LogP contribution in [0.5, 0.6) is 0 Å². The Kier molecular flexibility index (Phi) is 9.38. The summed E-state index contributed by atoms with van der Waals surface area (Å²) >= 11 is 12.2. The van der Waals surface area contributed by atoms with Crippen LogP contribution in [0.25, 0.3) is 6.08 Å². The van der Waals surface area contributed by atoms with E-state index in [1.54, 1.807) is 54.6 Å². The summed E-state index contributed by atoms with van der Waals surface area (Å²) in [4.78, 5) is 42.1. The molecular formula is C31H30Cl2N2O3. The molecule has 5 nitrogen and oxygen atoms in total. The molecule has 0 saturated heterocycles.